The fraction of sp³-hybridized carbons (Fsp3) is 0.550. The van der Waals surface area contributed by atoms with Gasteiger partial charge in [-0.05, 0) is 30.5 Å². The molecule has 1 aromatic carbocycles. The first-order valence-corrected chi connectivity index (χ1v) is 9.96. The predicted octanol–water partition coefficient (Wildman–Crippen LogP) is 1.91. The second kappa shape index (κ2) is 8.36. The first-order chi connectivity index (χ1) is 13.6. The van der Waals surface area contributed by atoms with Crippen LogP contribution >= 0.6 is 0 Å². The van der Waals surface area contributed by atoms with E-state index in [-0.39, 0.29) is 17.8 Å². The maximum atomic E-state index is 13.4. The van der Waals surface area contributed by atoms with E-state index in [9.17, 15) is 9.18 Å². The number of aromatic nitrogens is 2. The Morgan fingerprint density at radius 3 is 2.57 bits per heavy atom. The quantitative estimate of drug-likeness (QED) is 0.782. The molecule has 1 aliphatic heterocycles. The van der Waals surface area contributed by atoms with Crippen molar-refractivity contribution in [2.24, 2.45) is 0 Å². The lowest BCUT2D eigenvalue weighted by molar-refractivity contribution is -0.127. The molecule has 7 nitrogen and oxygen atoms in total. The van der Waals surface area contributed by atoms with E-state index in [1.54, 1.807) is 12.1 Å². The van der Waals surface area contributed by atoms with Crippen molar-refractivity contribution in [3.63, 3.8) is 0 Å². The summed E-state index contributed by atoms with van der Waals surface area (Å²) in [5, 5.41) is 7.12. The third kappa shape index (κ3) is 4.56. The number of nitrogens with zero attached hydrogens (tertiary/aromatic N) is 4. The van der Waals surface area contributed by atoms with Crippen LogP contribution in [0, 0.1) is 5.82 Å². The number of benzene rings is 1. The molecule has 1 saturated heterocycles. The van der Waals surface area contributed by atoms with Crippen molar-refractivity contribution in [3.8, 4) is 0 Å². The van der Waals surface area contributed by atoms with Crippen LogP contribution in [0.15, 0.2) is 28.8 Å². The molecule has 1 aromatic heterocycles. The Kier molecular flexibility index (Phi) is 5.68. The van der Waals surface area contributed by atoms with E-state index < -0.39 is 0 Å². The smallest absolute Gasteiger partial charge is 0.242 e. The highest BCUT2D eigenvalue weighted by Crippen LogP contribution is 2.26. The summed E-state index contributed by atoms with van der Waals surface area (Å²) in [6.45, 7) is 5.75. The summed E-state index contributed by atoms with van der Waals surface area (Å²) < 4.78 is 18.5. The van der Waals surface area contributed by atoms with Crippen LogP contribution in [0.1, 0.15) is 43.1 Å². The number of rotatable bonds is 7. The Hall–Kier alpha value is -2.32. The van der Waals surface area contributed by atoms with E-state index in [4.69, 9.17) is 4.52 Å². The highest BCUT2D eigenvalue weighted by Gasteiger charge is 2.34. The Bertz CT molecular complexity index is 797. The summed E-state index contributed by atoms with van der Waals surface area (Å²) in [4.78, 5) is 21.7. The SMILES string of the molecule is CCc1nc(CN2CCN([C@H](C(=O)NC3CC3)c3ccc(F)cc3)CC2)no1. The van der Waals surface area contributed by atoms with Gasteiger partial charge in [-0.25, -0.2) is 4.39 Å². The molecule has 0 bridgehead atoms. The number of aryl methyl sites for hydroxylation is 1. The average molecular weight is 387 g/mol. The van der Waals surface area contributed by atoms with Crippen molar-refractivity contribution < 1.29 is 13.7 Å². The molecule has 1 amide bonds. The summed E-state index contributed by atoms with van der Waals surface area (Å²) in [5.41, 5.74) is 0.832. The number of piperazine rings is 1. The standard InChI is InChI=1S/C20H26FN5O2/c1-2-18-23-17(24-28-18)13-25-9-11-26(12-10-25)19(20(27)22-16-7-8-16)14-3-5-15(21)6-4-14/h3-6,16,19H,2,7-13H2,1H3,(H,22,27)/t19-/m0/s1. The summed E-state index contributed by atoms with van der Waals surface area (Å²) in [6.07, 6.45) is 2.82. The Morgan fingerprint density at radius 1 is 1.25 bits per heavy atom. The lowest BCUT2D eigenvalue weighted by atomic mass is 10.0. The van der Waals surface area contributed by atoms with Crippen LogP contribution < -0.4 is 5.32 Å². The number of hydrogen-bond acceptors (Lipinski definition) is 6. The van der Waals surface area contributed by atoms with Crippen LogP contribution in [-0.4, -0.2) is 58.1 Å². The molecule has 1 N–H and O–H groups in total. The molecule has 4 rings (SSSR count). The van der Waals surface area contributed by atoms with Crippen LogP contribution in [0.2, 0.25) is 0 Å². The van der Waals surface area contributed by atoms with Gasteiger partial charge in [0.15, 0.2) is 5.82 Å². The molecule has 1 atom stereocenters. The minimum atomic E-state index is -0.389. The second-order valence-electron chi connectivity index (χ2n) is 7.51. The number of carbonyl (C=O) groups is 1. The molecule has 2 fully saturated rings. The first kappa shape index (κ1) is 19.0. The summed E-state index contributed by atoms with van der Waals surface area (Å²) >= 11 is 0. The lowest BCUT2D eigenvalue weighted by Gasteiger charge is -2.38. The molecule has 8 heteroatoms. The molecule has 2 heterocycles. The van der Waals surface area contributed by atoms with Gasteiger partial charge in [0.25, 0.3) is 0 Å². The van der Waals surface area contributed by atoms with Gasteiger partial charge in [-0.3, -0.25) is 14.6 Å². The maximum Gasteiger partial charge on any atom is 0.242 e. The highest BCUT2D eigenvalue weighted by molar-refractivity contribution is 5.83. The average Bonchev–Trinajstić information content (AvgIpc) is 3.40. The highest BCUT2D eigenvalue weighted by atomic mass is 19.1. The van der Waals surface area contributed by atoms with Crippen LogP contribution in [0.5, 0.6) is 0 Å². The van der Waals surface area contributed by atoms with E-state index in [0.717, 1.165) is 51.0 Å². The molecule has 1 saturated carbocycles. The number of carbonyl (C=O) groups excluding carboxylic acids is 1. The van der Waals surface area contributed by atoms with E-state index in [0.29, 0.717) is 24.3 Å². The Labute approximate surface area is 163 Å². The van der Waals surface area contributed by atoms with Crippen molar-refractivity contribution in [1.82, 2.24) is 25.3 Å². The normalized spacial score (nSPS) is 19.5. The summed E-state index contributed by atoms with van der Waals surface area (Å²) in [5.74, 6) is 1.07. The molecule has 2 aromatic rings. The van der Waals surface area contributed by atoms with Crippen LogP contribution in [0.25, 0.3) is 0 Å². The predicted molar refractivity (Wildman–Crippen MR) is 101 cm³/mol. The summed E-state index contributed by atoms with van der Waals surface area (Å²) in [7, 11) is 0. The Morgan fingerprint density at radius 2 is 1.96 bits per heavy atom. The largest absolute Gasteiger partial charge is 0.352 e. The first-order valence-electron chi connectivity index (χ1n) is 9.96. The van der Waals surface area contributed by atoms with Crippen LogP contribution in [0.3, 0.4) is 0 Å². The van der Waals surface area contributed by atoms with E-state index in [2.05, 4.69) is 25.3 Å². The van der Waals surface area contributed by atoms with Gasteiger partial charge < -0.3 is 9.84 Å². The van der Waals surface area contributed by atoms with Crippen molar-refractivity contribution in [2.45, 2.75) is 44.8 Å². The molecule has 2 aliphatic rings. The van der Waals surface area contributed by atoms with Gasteiger partial charge in [0, 0.05) is 38.6 Å². The molecule has 0 unspecified atom stereocenters. The molecule has 0 radical (unpaired) electrons. The van der Waals surface area contributed by atoms with Gasteiger partial charge in [-0.15, -0.1) is 0 Å². The molecular weight excluding hydrogens is 361 g/mol. The topological polar surface area (TPSA) is 74.5 Å². The number of hydrogen-bond donors (Lipinski definition) is 1. The van der Waals surface area contributed by atoms with Gasteiger partial charge in [0.1, 0.15) is 11.9 Å². The maximum absolute atomic E-state index is 13.4. The van der Waals surface area contributed by atoms with Crippen molar-refractivity contribution in [3.05, 3.63) is 47.4 Å². The molecule has 1 aliphatic carbocycles. The second-order valence-corrected chi connectivity index (χ2v) is 7.51. The van der Waals surface area contributed by atoms with Crippen LogP contribution in [0.4, 0.5) is 4.39 Å². The zero-order valence-corrected chi connectivity index (χ0v) is 16.1. The van der Waals surface area contributed by atoms with Crippen LogP contribution in [-0.2, 0) is 17.8 Å². The zero-order chi connectivity index (χ0) is 19.5. The van der Waals surface area contributed by atoms with E-state index in [1.165, 1.54) is 12.1 Å². The minimum Gasteiger partial charge on any atom is -0.352 e. The fourth-order valence-corrected chi connectivity index (χ4v) is 3.56. The zero-order valence-electron chi connectivity index (χ0n) is 16.1. The van der Waals surface area contributed by atoms with Crippen molar-refractivity contribution in [1.29, 1.82) is 0 Å². The molecule has 0 spiro atoms. The third-order valence-corrected chi connectivity index (χ3v) is 5.31. The number of nitrogens with one attached hydrogen (secondary N) is 1. The van der Waals surface area contributed by atoms with Gasteiger partial charge in [-0.1, -0.05) is 24.2 Å². The lowest BCUT2D eigenvalue weighted by Crippen LogP contribution is -2.51. The van der Waals surface area contributed by atoms with E-state index in [1.807, 2.05) is 6.92 Å². The van der Waals surface area contributed by atoms with Crippen molar-refractivity contribution in [2.75, 3.05) is 26.2 Å². The molecular formula is C20H26FN5O2. The van der Waals surface area contributed by atoms with E-state index >= 15 is 0 Å². The van der Waals surface area contributed by atoms with Gasteiger partial charge in [0.2, 0.25) is 11.8 Å². The van der Waals surface area contributed by atoms with Gasteiger partial charge >= 0.3 is 0 Å². The Balaban J connectivity index is 1.41. The number of halogens is 1. The monoisotopic (exact) mass is 387 g/mol. The minimum absolute atomic E-state index is 0.00770. The number of amides is 1. The van der Waals surface area contributed by atoms with Gasteiger partial charge in [-0.2, -0.15) is 4.98 Å². The molecule has 150 valence electrons. The fourth-order valence-electron chi connectivity index (χ4n) is 3.56. The van der Waals surface area contributed by atoms with Crippen molar-refractivity contribution >= 4 is 5.91 Å². The summed E-state index contributed by atoms with van der Waals surface area (Å²) in [6, 6.07) is 6.17. The third-order valence-electron chi connectivity index (χ3n) is 5.31. The molecule has 28 heavy (non-hydrogen) atoms. The van der Waals surface area contributed by atoms with Gasteiger partial charge in [0.05, 0.1) is 6.54 Å².